The largest absolute Gasteiger partial charge is 0.506 e. The number of carbonyl (C=O) groups is 1. The van der Waals surface area contributed by atoms with Gasteiger partial charge in [-0.1, -0.05) is 35.9 Å². The molecule has 0 bridgehead atoms. The molecule has 2 aromatic carbocycles. The van der Waals surface area contributed by atoms with E-state index in [0.717, 1.165) is 5.56 Å². The lowest BCUT2D eigenvalue weighted by Crippen LogP contribution is -2.23. The zero-order valence-corrected chi connectivity index (χ0v) is 16.3. The Bertz CT molecular complexity index is 990. The van der Waals surface area contributed by atoms with Crippen LogP contribution in [0.25, 0.3) is 10.9 Å². The van der Waals surface area contributed by atoms with Crippen molar-refractivity contribution >= 4 is 28.4 Å². The minimum atomic E-state index is -0.697. The third kappa shape index (κ3) is 5.02. The molecule has 0 saturated carbocycles. The van der Waals surface area contributed by atoms with Crippen LogP contribution in [-0.2, 0) is 17.9 Å². The Hall–Kier alpha value is -2.71. The highest BCUT2D eigenvalue weighted by Crippen LogP contribution is 2.29. The van der Waals surface area contributed by atoms with Gasteiger partial charge in [0.05, 0.1) is 25.3 Å². The van der Waals surface area contributed by atoms with E-state index in [2.05, 4.69) is 10.3 Å². The molecule has 0 spiro atoms. The van der Waals surface area contributed by atoms with Crippen molar-refractivity contribution in [2.24, 2.45) is 0 Å². The Balaban J connectivity index is 1.78. The smallest absolute Gasteiger partial charge is 0.256 e. The second-order valence-electron chi connectivity index (χ2n) is 6.44. The van der Waals surface area contributed by atoms with Crippen LogP contribution in [0, 0.1) is 0 Å². The van der Waals surface area contributed by atoms with E-state index in [1.165, 1.54) is 6.20 Å². The lowest BCUT2D eigenvalue weighted by atomic mass is 10.1. The number of hydrogen-bond donors (Lipinski definition) is 4. The van der Waals surface area contributed by atoms with Gasteiger partial charge in [-0.3, -0.25) is 9.78 Å². The van der Waals surface area contributed by atoms with Gasteiger partial charge in [-0.25, -0.2) is 0 Å². The van der Waals surface area contributed by atoms with Crippen molar-refractivity contribution in [2.75, 3.05) is 13.2 Å². The summed E-state index contributed by atoms with van der Waals surface area (Å²) in [6, 6.07) is 12.2. The number of benzene rings is 2. The number of nitrogens with one attached hydrogen (secondary N) is 1. The highest BCUT2D eigenvalue weighted by Gasteiger charge is 2.17. The van der Waals surface area contributed by atoms with Gasteiger partial charge < -0.3 is 25.4 Å². The average molecular weight is 417 g/mol. The Labute approximate surface area is 172 Å². The predicted molar refractivity (Wildman–Crippen MR) is 109 cm³/mol. The van der Waals surface area contributed by atoms with Crippen molar-refractivity contribution in [3.05, 3.63) is 70.4 Å². The number of carbonyl (C=O) groups excluding carboxylic acids is 1. The summed E-state index contributed by atoms with van der Waals surface area (Å²) in [6.45, 7) is -0.238. The van der Waals surface area contributed by atoms with Gasteiger partial charge in [0.15, 0.2) is 0 Å². The van der Waals surface area contributed by atoms with Gasteiger partial charge in [0.2, 0.25) is 0 Å². The summed E-state index contributed by atoms with van der Waals surface area (Å²) in [4.78, 5) is 16.8. The molecule has 0 unspecified atom stereocenters. The van der Waals surface area contributed by atoms with E-state index in [0.29, 0.717) is 21.5 Å². The average Bonchev–Trinajstić information content (AvgIpc) is 2.74. The fourth-order valence-corrected chi connectivity index (χ4v) is 2.93. The Kier molecular flexibility index (Phi) is 7.00. The fourth-order valence-electron chi connectivity index (χ4n) is 2.80. The quantitative estimate of drug-likeness (QED) is 0.448. The molecule has 4 N–H and O–H groups in total. The Morgan fingerprint density at radius 2 is 1.86 bits per heavy atom. The second-order valence-corrected chi connectivity index (χ2v) is 6.88. The molecular formula is C21H21ClN2O5. The van der Waals surface area contributed by atoms with E-state index in [-0.39, 0.29) is 37.7 Å². The molecule has 3 aromatic rings. The monoisotopic (exact) mass is 416 g/mol. The van der Waals surface area contributed by atoms with Gasteiger partial charge in [0.1, 0.15) is 17.4 Å². The molecule has 0 aliphatic heterocycles. The molecule has 0 saturated heterocycles. The number of aromatic nitrogens is 1. The van der Waals surface area contributed by atoms with Crippen LogP contribution in [0.2, 0.25) is 5.02 Å². The van der Waals surface area contributed by atoms with Gasteiger partial charge in [-0.05, 0) is 23.8 Å². The minimum Gasteiger partial charge on any atom is -0.506 e. The van der Waals surface area contributed by atoms with Gasteiger partial charge in [0, 0.05) is 28.7 Å². The van der Waals surface area contributed by atoms with Gasteiger partial charge in [-0.2, -0.15) is 0 Å². The number of para-hydroxylation sites is 1. The molecule has 3 rings (SSSR count). The molecule has 0 atom stereocenters. The standard InChI is InChI=1S/C21H21ClN2O5/c22-15-6-4-13(5-7-15)8-24-21(28)18-9-23-19-14(12-29-16(10-25)11-26)2-1-3-17(19)20(18)27/h1-7,9,16,25-26H,8,10-12H2,(H,23,27)(H,24,28). The number of aliphatic hydroxyl groups excluding tert-OH is 2. The molecule has 7 nitrogen and oxygen atoms in total. The number of halogens is 1. The summed E-state index contributed by atoms with van der Waals surface area (Å²) in [7, 11) is 0. The Morgan fingerprint density at radius 1 is 1.14 bits per heavy atom. The lowest BCUT2D eigenvalue weighted by Gasteiger charge is -2.14. The maximum atomic E-state index is 12.5. The summed E-state index contributed by atoms with van der Waals surface area (Å²) >= 11 is 5.85. The first kappa shape index (κ1) is 21.0. The third-order valence-corrected chi connectivity index (χ3v) is 4.70. The summed E-state index contributed by atoms with van der Waals surface area (Å²) < 4.78 is 5.44. The minimum absolute atomic E-state index is 0.0631. The van der Waals surface area contributed by atoms with Crippen molar-refractivity contribution in [3.63, 3.8) is 0 Å². The summed E-state index contributed by atoms with van der Waals surface area (Å²) in [6.07, 6.45) is 0.616. The molecule has 1 heterocycles. The highest BCUT2D eigenvalue weighted by molar-refractivity contribution is 6.30. The van der Waals surface area contributed by atoms with E-state index < -0.39 is 12.0 Å². The first-order chi connectivity index (χ1) is 14.0. The SMILES string of the molecule is O=C(NCc1ccc(Cl)cc1)c1cnc2c(COC(CO)CO)cccc2c1O. The molecule has 0 aliphatic rings. The van der Waals surface area contributed by atoms with Crippen molar-refractivity contribution < 1.29 is 24.9 Å². The van der Waals surface area contributed by atoms with Crippen LogP contribution in [0.1, 0.15) is 21.5 Å². The number of pyridine rings is 1. The van der Waals surface area contributed by atoms with E-state index in [1.54, 1.807) is 42.5 Å². The molecule has 0 aliphatic carbocycles. The van der Waals surface area contributed by atoms with Gasteiger partial charge >= 0.3 is 0 Å². The third-order valence-electron chi connectivity index (χ3n) is 4.45. The predicted octanol–water partition coefficient (Wildman–Crippen LogP) is 2.39. The van der Waals surface area contributed by atoms with Crippen LogP contribution < -0.4 is 5.32 Å². The van der Waals surface area contributed by atoms with E-state index in [1.807, 2.05) is 0 Å². The molecule has 1 aromatic heterocycles. The van der Waals surface area contributed by atoms with Crippen molar-refractivity contribution in [3.8, 4) is 5.75 Å². The number of amides is 1. The number of hydrogen-bond acceptors (Lipinski definition) is 6. The van der Waals surface area contributed by atoms with Crippen LogP contribution in [-0.4, -0.2) is 45.5 Å². The number of ether oxygens (including phenoxy) is 1. The number of nitrogens with zero attached hydrogens (tertiary/aromatic N) is 1. The van der Waals surface area contributed by atoms with Crippen molar-refractivity contribution in [1.82, 2.24) is 10.3 Å². The molecule has 0 fully saturated rings. The van der Waals surface area contributed by atoms with Gasteiger partial charge in [0.25, 0.3) is 5.91 Å². The number of aromatic hydroxyl groups is 1. The molecule has 29 heavy (non-hydrogen) atoms. The molecular weight excluding hydrogens is 396 g/mol. The maximum Gasteiger partial charge on any atom is 0.256 e. The number of aliphatic hydroxyl groups is 2. The Morgan fingerprint density at radius 3 is 2.55 bits per heavy atom. The van der Waals surface area contributed by atoms with Crippen LogP contribution in [0.5, 0.6) is 5.75 Å². The number of fused-ring (bicyclic) bond motifs is 1. The summed E-state index contributed by atoms with van der Waals surface area (Å²) in [5.41, 5.74) is 2.08. The lowest BCUT2D eigenvalue weighted by molar-refractivity contribution is -0.0281. The maximum absolute atomic E-state index is 12.5. The first-order valence-electron chi connectivity index (χ1n) is 8.99. The molecule has 0 radical (unpaired) electrons. The normalized spacial score (nSPS) is 11.2. The van der Waals surface area contributed by atoms with Crippen LogP contribution in [0.15, 0.2) is 48.7 Å². The molecule has 152 valence electrons. The molecule has 1 amide bonds. The van der Waals surface area contributed by atoms with Gasteiger partial charge in [-0.15, -0.1) is 0 Å². The zero-order chi connectivity index (χ0) is 20.8. The van der Waals surface area contributed by atoms with Crippen molar-refractivity contribution in [2.45, 2.75) is 19.3 Å². The zero-order valence-electron chi connectivity index (χ0n) is 15.5. The number of rotatable bonds is 8. The van der Waals surface area contributed by atoms with Crippen LogP contribution >= 0.6 is 11.6 Å². The van der Waals surface area contributed by atoms with Crippen LogP contribution in [0.4, 0.5) is 0 Å². The second kappa shape index (κ2) is 9.67. The fraction of sp³-hybridized carbons (Fsp3) is 0.238. The highest BCUT2D eigenvalue weighted by atomic mass is 35.5. The van der Waals surface area contributed by atoms with E-state index in [9.17, 15) is 9.90 Å². The first-order valence-corrected chi connectivity index (χ1v) is 9.36. The van der Waals surface area contributed by atoms with E-state index in [4.69, 9.17) is 26.6 Å². The summed E-state index contributed by atoms with van der Waals surface area (Å²) in [5, 5.41) is 32.6. The van der Waals surface area contributed by atoms with Crippen LogP contribution in [0.3, 0.4) is 0 Å². The van der Waals surface area contributed by atoms with E-state index >= 15 is 0 Å². The summed E-state index contributed by atoms with van der Waals surface area (Å²) in [5.74, 6) is -0.625. The molecule has 8 heteroatoms. The van der Waals surface area contributed by atoms with Crippen molar-refractivity contribution in [1.29, 1.82) is 0 Å². The topological polar surface area (TPSA) is 112 Å².